The van der Waals surface area contributed by atoms with E-state index in [9.17, 15) is 36.9 Å². The van der Waals surface area contributed by atoms with Gasteiger partial charge in [0.1, 0.15) is 0 Å². The number of hydrogen-bond donors (Lipinski definition) is 0. The molecule has 6 nitrogen and oxygen atoms in total. The number of rotatable bonds is 7. The molecule has 0 bridgehead atoms. The topological polar surface area (TPSA) is 91.2 Å². The van der Waals surface area contributed by atoms with Crippen LogP contribution in [0.4, 0.5) is 26.3 Å². The van der Waals surface area contributed by atoms with Gasteiger partial charge in [-0.05, 0) is 94.0 Å². The highest BCUT2D eigenvalue weighted by Gasteiger charge is 2.38. The largest absolute Gasteiger partial charge is 0.417 e. The van der Waals surface area contributed by atoms with Crippen LogP contribution in [0, 0.1) is 22.7 Å². The Labute approximate surface area is 379 Å². The van der Waals surface area contributed by atoms with Gasteiger partial charge in [-0.25, -0.2) is 15.0 Å². The minimum atomic E-state index is -5.16. The normalized spacial score (nSPS) is 11.7. The summed E-state index contributed by atoms with van der Waals surface area (Å²) in [6.07, 6.45) is -10.2. The number of aromatic nitrogens is 4. The van der Waals surface area contributed by atoms with E-state index in [1.54, 1.807) is 42.5 Å². The van der Waals surface area contributed by atoms with Crippen LogP contribution in [0.5, 0.6) is 0 Å². The van der Waals surface area contributed by atoms with Crippen molar-refractivity contribution in [3.63, 3.8) is 0 Å². The first kappa shape index (κ1) is 42.1. The predicted octanol–water partition coefficient (Wildman–Crippen LogP) is 14.8. The Bertz CT molecular complexity index is 3470. The van der Waals surface area contributed by atoms with Crippen molar-refractivity contribution in [2.24, 2.45) is 0 Å². The molecular formula is C55H30F6N6. The number of nitrogens with zero attached hydrogens (tertiary/aromatic N) is 6. The fourth-order valence-electron chi connectivity index (χ4n) is 8.38. The molecule has 10 rings (SSSR count). The maximum atomic E-state index is 14.9. The van der Waals surface area contributed by atoms with Crippen molar-refractivity contribution in [1.82, 2.24) is 19.5 Å². The average molecular weight is 889 g/mol. The number of halogens is 6. The molecule has 0 aliphatic heterocycles. The molecule has 0 saturated heterocycles. The van der Waals surface area contributed by atoms with E-state index in [4.69, 9.17) is 15.0 Å². The molecule has 2 heterocycles. The minimum absolute atomic E-state index is 0.0221. The first-order chi connectivity index (χ1) is 32.4. The summed E-state index contributed by atoms with van der Waals surface area (Å²) in [5, 5.41) is 21.1. The van der Waals surface area contributed by atoms with Crippen molar-refractivity contribution in [2.45, 2.75) is 12.4 Å². The number of benzene rings is 8. The van der Waals surface area contributed by atoms with Gasteiger partial charge in [0.05, 0.1) is 51.1 Å². The van der Waals surface area contributed by atoms with Crippen molar-refractivity contribution >= 4 is 21.8 Å². The maximum absolute atomic E-state index is 14.9. The highest BCUT2D eigenvalue weighted by molar-refractivity contribution is 6.11. The van der Waals surface area contributed by atoms with Crippen LogP contribution in [0.2, 0.25) is 0 Å². The third kappa shape index (κ3) is 8.02. The van der Waals surface area contributed by atoms with Gasteiger partial charge in [0, 0.05) is 27.5 Å². The molecule has 0 aliphatic carbocycles. The van der Waals surface area contributed by atoms with Crippen LogP contribution in [0.3, 0.4) is 0 Å². The van der Waals surface area contributed by atoms with E-state index < -0.39 is 29.0 Å². The summed E-state index contributed by atoms with van der Waals surface area (Å²) in [7, 11) is 0. The molecule has 0 amide bonds. The first-order valence-electron chi connectivity index (χ1n) is 20.8. The van der Waals surface area contributed by atoms with Crippen LogP contribution >= 0.6 is 0 Å². The summed E-state index contributed by atoms with van der Waals surface area (Å²) in [4.78, 5) is 14.8. The van der Waals surface area contributed by atoms with E-state index in [1.807, 2.05) is 114 Å². The van der Waals surface area contributed by atoms with Gasteiger partial charge in [0.25, 0.3) is 0 Å². The second kappa shape index (κ2) is 16.6. The van der Waals surface area contributed by atoms with Crippen molar-refractivity contribution in [2.75, 3.05) is 0 Å². The van der Waals surface area contributed by atoms with Crippen LogP contribution < -0.4 is 0 Å². The molecule has 8 aromatic carbocycles. The van der Waals surface area contributed by atoms with Crippen LogP contribution in [0.25, 0.3) is 95.0 Å². The summed E-state index contributed by atoms with van der Waals surface area (Å²) in [5.74, 6) is 0.815. The van der Waals surface area contributed by atoms with E-state index in [1.165, 1.54) is 12.1 Å². The van der Waals surface area contributed by atoms with Gasteiger partial charge in [-0.1, -0.05) is 121 Å². The van der Waals surface area contributed by atoms with Crippen molar-refractivity contribution in [3.05, 3.63) is 204 Å². The zero-order chi connectivity index (χ0) is 46.5. The SMILES string of the molecule is N#Cc1cccc(-c2ccc3c4ccc(-c5cccc(C#N)c5)cc4n(-c4cc(-c5ccc(C(F)(F)F)cc5C(F)(F)F)ccc4-c4nc(-c5ccccc5)nc(-c5ccccc5)n4)c3c2)c1. The smallest absolute Gasteiger partial charge is 0.308 e. The highest BCUT2D eigenvalue weighted by atomic mass is 19.4. The second-order valence-electron chi connectivity index (χ2n) is 15.7. The molecule has 0 fully saturated rings. The lowest BCUT2D eigenvalue weighted by atomic mass is 9.95. The quantitative estimate of drug-likeness (QED) is 0.149. The molecule has 0 radical (unpaired) electrons. The molecule has 0 spiro atoms. The summed E-state index contributed by atoms with van der Waals surface area (Å²) in [6, 6.07) is 54.7. The van der Waals surface area contributed by atoms with Gasteiger partial charge in [-0.3, -0.25) is 0 Å². The Balaban J connectivity index is 1.33. The molecule has 10 aromatic rings. The first-order valence-corrected chi connectivity index (χ1v) is 20.8. The van der Waals surface area contributed by atoms with Crippen molar-refractivity contribution in [1.29, 1.82) is 10.5 Å². The molecule has 67 heavy (non-hydrogen) atoms. The number of alkyl halides is 6. The molecule has 2 aromatic heterocycles. The lowest BCUT2D eigenvalue weighted by molar-refractivity contribution is -0.142. The van der Waals surface area contributed by atoms with E-state index >= 15 is 0 Å². The van der Waals surface area contributed by atoms with Crippen molar-refractivity contribution in [3.8, 4) is 85.4 Å². The third-order valence-corrected chi connectivity index (χ3v) is 11.6. The number of hydrogen-bond acceptors (Lipinski definition) is 5. The van der Waals surface area contributed by atoms with Crippen LogP contribution in [-0.4, -0.2) is 19.5 Å². The zero-order valence-electron chi connectivity index (χ0n) is 34.8. The van der Waals surface area contributed by atoms with Gasteiger partial charge < -0.3 is 4.57 Å². The fraction of sp³-hybridized carbons (Fsp3) is 0.0364. The Kier molecular flexibility index (Phi) is 10.4. The lowest BCUT2D eigenvalue weighted by Crippen LogP contribution is -2.12. The second-order valence-corrected chi connectivity index (χ2v) is 15.7. The monoisotopic (exact) mass is 888 g/mol. The van der Waals surface area contributed by atoms with Gasteiger partial charge in [-0.15, -0.1) is 0 Å². The molecule has 0 saturated carbocycles. The van der Waals surface area contributed by atoms with Crippen LogP contribution in [0.15, 0.2) is 182 Å². The summed E-state index contributed by atoms with van der Waals surface area (Å²) >= 11 is 0. The number of nitriles is 2. The zero-order valence-corrected chi connectivity index (χ0v) is 34.8. The minimum Gasteiger partial charge on any atom is -0.308 e. The van der Waals surface area contributed by atoms with Gasteiger partial charge in [0.15, 0.2) is 17.5 Å². The van der Waals surface area contributed by atoms with Gasteiger partial charge >= 0.3 is 12.4 Å². The molecule has 0 N–H and O–H groups in total. The summed E-state index contributed by atoms with van der Waals surface area (Å²) < 4.78 is 88.6. The van der Waals surface area contributed by atoms with Crippen LogP contribution in [0.1, 0.15) is 22.3 Å². The Morgan fingerprint density at radius 3 is 1.34 bits per heavy atom. The van der Waals surface area contributed by atoms with E-state index in [0.29, 0.717) is 62.3 Å². The Hall–Kier alpha value is -8.87. The Morgan fingerprint density at radius 1 is 0.388 bits per heavy atom. The predicted molar refractivity (Wildman–Crippen MR) is 246 cm³/mol. The molecule has 0 aliphatic rings. The van der Waals surface area contributed by atoms with Gasteiger partial charge in [-0.2, -0.15) is 36.9 Å². The summed E-state index contributed by atoms with van der Waals surface area (Å²) in [5.41, 5.74) is 3.66. The average Bonchev–Trinajstić information content (AvgIpc) is 3.68. The van der Waals surface area contributed by atoms with E-state index in [-0.39, 0.29) is 17.5 Å². The third-order valence-electron chi connectivity index (χ3n) is 11.6. The summed E-state index contributed by atoms with van der Waals surface area (Å²) in [6.45, 7) is 0. The van der Waals surface area contributed by atoms with E-state index in [2.05, 4.69) is 12.1 Å². The molecule has 12 heteroatoms. The maximum Gasteiger partial charge on any atom is 0.417 e. The molecular weight excluding hydrogens is 859 g/mol. The molecule has 0 unspecified atom stereocenters. The number of fused-ring (bicyclic) bond motifs is 3. The molecule has 0 atom stereocenters. The van der Waals surface area contributed by atoms with Crippen molar-refractivity contribution < 1.29 is 26.3 Å². The van der Waals surface area contributed by atoms with E-state index in [0.717, 1.165) is 39.1 Å². The molecule has 322 valence electrons. The fourth-order valence-corrected chi connectivity index (χ4v) is 8.38. The standard InChI is InChI=1S/C55H30F6N6/c56-54(57,58)42-20-24-43(47(30-42)55(59,60)61)41-19-23-46(53-65-51(35-11-3-1-4-12-35)64-52(66-53)36-13-5-2-6-14-36)50(29-41)67-48-27-39(37-15-7-9-33(25-37)31-62)17-21-44(48)45-22-18-40(28-49(45)67)38-16-8-10-34(26-38)32-63/h1-30H. The van der Waals surface area contributed by atoms with Gasteiger partial charge in [0.2, 0.25) is 0 Å². The highest BCUT2D eigenvalue weighted by Crippen LogP contribution is 2.45. The lowest BCUT2D eigenvalue weighted by Gasteiger charge is -2.19. The van der Waals surface area contributed by atoms with Crippen LogP contribution in [-0.2, 0) is 12.4 Å². The Morgan fingerprint density at radius 2 is 0.851 bits per heavy atom.